The van der Waals surface area contributed by atoms with E-state index in [1.165, 1.54) is 13.2 Å². The second-order valence-electron chi connectivity index (χ2n) is 2.25. The van der Waals surface area contributed by atoms with Crippen molar-refractivity contribution in [2.24, 2.45) is 0 Å². The molecule has 0 fully saturated rings. The molecule has 3 nitrogen and oxygen atoms in total. The Morgan fingerprint density at radius 2 is 2.23 bits per heavy atom. The molecule has 0 aromatic heterocycles. The van der Waals surface area contributed by atoms with Crippen molar-refractivity contribution in [3.05, 3.63) is 27.2 Å². The average Bonchev–Trinajstić information content (AvgIpc) is 2.04. The van der Waals surface area contributed by atoms with E-state index >= 15 is 0 Å². The minimum absolute atomic E-state index is 0.0294. The van der Waals surface area contributed by atoms with Gasteiger partial charge >= 0.3 is 5.97 Å². The zero-order valence-corrected chi connectivity index (χ0v) is 9.02. The Kier molecular flexibility index (Phi) is 3.17. The quantitative estimate of drug-likeness (QED) is 0.894. The van der Waals surface area contributed by atoms with Crippen molar-refractivity contribution >= 4 is 33.5 Å². The number of carboxylic acids is 1. The van der Waals surface area contributed by atoms with Gasteiger partial charge in [0.2, 0.25) is 0 Å². The van der Waals surface area contributed by atoms with Gasteiger partial charge in [0.25, 0.3) is 0 Å². The Morgan fingerprint density at radius 3 is 2.69 bits per heavy atom. The molecule has 0 aliphatic carbocycles. The third kappa shape index (κ3) is 1.95. The van der Waals surface area contributed by atoms with Crippen LogP contribution >= 0.6 is 27.5 Å². The maximum absolute atomic E-state index is 10.6. The predicted octanol–water partition coefficient (Wildman–Crippen LogP) is 2.81. The van der Waals surface area contributed by atoms with Crippen LogP contribution in [-0.2, 0) is 0 Å². The second-order valence-corrected chi connectivity index (χ2v) is 3.48. The maximum Gasteiger partial charge on any atom is 0.337 e. The molecule has 0 saturated carbocycles. The molecule has 1 N–H and O–H groups in total. The average molecular weight is 265 g/mol. The summed E-state index contributed by atoms with van der Waals surface area (Å²) in [6, 6.07) is 2.99. The minimum Gasteiger partial charge on any atom is -0.494 e. The maximum atomic E-state index is 10.6. The van der Waals surface area contributed by atoms with Crippen molar-refractivity contribution in [2.45, 2.75) is 0 Å². The Labute approximate surface area is 88.4 Å². The molecule has 0 saturated heterocycles. The molecule has 0 bridgehead atoms. The molecule has 5 heteroatoms. The highest BCUT2D eigenvalue weighted by Gasteiger charge is 2.15. The topological polar surface area (TPSA) is 46.5 Å². The summed E-state index contributed by atoms with van der Waals surface area (Å²) >= 11 is 8.96. The van der Waals surface area contributed by atoms with Gasteiger partial charge in [0.15, 0.2) is 5.75 Å². The first kappa shape index (κ1) is 10.3. The van der Waals surface area contributed by atoms with E-state index in [-0.39, 0.29) is 10.6 Å². The fourth-order valence-electron chi connectivity index (χ4n) is 0.885. The third-order valence-corrected chi connectivity index (χ3v) is 2.48. The summed E-state index contributed by atoms with van der Waals surface area (Å²) in [5, 5.41) is 8.82. The highest BCUT2D eigenvalue weighted by atomic mass is 79.9. The van der Waals surface area contributed by atoms with Crippen LogP contribution in [0.1, 0.15) is 10.4 Å². The van der Waals surface area contributed by atoms with Gasteiger partial charge in [0, 0.05) is 0 Å². The van der Waals surface area contributed by atoms with Crippen LogP contribution in [0.3, 0.4) is 0 Å². The molecule has 0 aliphatic heterocycles. The van der Waals surface area contributed by atoms with Gasteiger partial charge in [-0.15, -0.1) is 0 Å². The van der Waals surface area contributed by atoms with Crippen LogP contribution in [0, 0.1) is 0 Å². The zero-order valence-electron chi connectivity index (χ0n) is 6.67. The molecule has 1 rings (SSSR count). The molecule has 1 aromatic carbocycles. The van der Waals surface area contributed by atoms with Gasteiger partial charge in [0.1, 0.15) is 0 Å². The number of rotatable bonds is 2. The fourth-order valence-corrected chi connectivity index (χ4v) is 1.81. The lowest BCUT2D eigenvalue weighted by Gasteiger charge is -2.07. The first-order valence-corrected chi connectivity index (χ1v) is 4.50. The van der Waals surface area contributed by atoms with E-state index < -0.39 is 5.97 Å². The Hall–Kier alpha value is -0.740. The summed E-state index contributed by atoms with van der Waals surface area (Å²) in [6.07, 6.45) is 0. The Balaban J connectivity index is 3.35. The standard InChI is InChI=1S/C8H6BrClO3/c1-13-7-5(9)3-2-4(6(7)10)8(11)12/h2-3H,1H3,(H,11,12). The number of ether oxygens (including phenoxy) is 1. The molecule has 0 amide bonds. The first-order chi connectivity index (χ1) is 6.07. The third-order valence-electron chi connectivity index (χ3n) is 1.48. The van der Waals surface area contributed by atoms with Crippen LogP contribution in [0.25, 0.3) is 0 Å². The molecule has 13 heavy (non-hydrogen) atoms. The number of halogens is 2. The number of hydrogen-bond acceptors (Lipinski definition) is 2. The van der Waals surface area contributed by atoms with Crippen molar-refractivity contribution in [2.75, 3.05) is 7.11 Å². The van der Waals surface area contributed by atoms with Crippen LogP contribution in [0.5, 0.6) is 5.75 Å². The monoisotopic (exact) mass is 264 g/mol. The number of hydrogen-bond donors (Lipinski definition) is 1. The molecule has 1 aromatic rings. The van der Waals surface area contributed by atoms with Gasteiger partial charge in [-0.3, -0.25) is 0 Å². The van der Waals surface area contributed by atoms with Crippen LogP contribution in [0.15, 0.2) is 16.6 Å². The number of aromatic carboxylic acids is 1. The fraction of sp³-hybridized carbons (Fsp3) is 0.125. The number of carboxylic acid groups (broad SMARTS) is 1. The van der Waals surface area contributed by atoms with E-state index in [0.29, 0.717) is 10.2 Å². The van der Waals surface area contributed by atoms with E-state index in [9.17, 15) is 4.79 Å². The highest BCUT2D eigenvalue weighted by Crippen LogP contribution is 2.35. The van der Waals surface area contributed by atoms with E-state index in [1.54, 1.807) is 6.07 Å². The van der Waals surface area contributed by atoms with Crippen molar-refractivity contribution in [3.63, 3.8) is 0 Å². The number of carbonyl (C=O) groups is 1. The summed E-state index contributed by atoms with van der Waals surface area (Å²) in [5.41, 5.74) is 0.0294. The minimum atomic E-state index is -1.07. The summed E-state index contributed by atoms with van der Waals surface area (Å²) in [7, 11) is 1.43. The molecule has 0 aliphatic rings. The van der Waals surface area contributed by atoms with Gasteiger partial charge in [-0.05, 0) is 28.1 Å². The second kappa shape index (κ2) is 3.98. The van der Waals surface area contributed by atoms with E-state index in [4.69, 9.17) is 21.4 Å². The molecule has 0 spiro atoms. The van der Waals surface area contributed by atoms with Gasteiger partial charge in [-0.25, -0.2) is 4.79 Å². The molecular formula is C8H6BrClO3. The van der Waals surface area contributed by atoms with Crippen molar-refractivity contribution in [1.29, 1.82) is 0 Å². The normalized spacial score (nSPS) is 9.77. The van der Waals surface area contributed by atoms with Gasteiger partial charge in [0.05, 0.1) is 22.2 Å². The molecule has 0 heterocycles. The Morgan fingerprint density at radius 1 is 1.62 bits per heavy atom. The smallest absolute Gasteiger partial charge is 0.337 e. The molecule has 70 valence electrons. The van der Waals surface area contributed by atoms with E-state index in [2.05, 4.69) is 15.9 Å². The lowest BCUT2D eigenvalue weighted by Crippen LogP contribution is -1.99. The van der Waals surface area contributed by atoms with E-state index in [0.717, 1.165) is 0 Å². The van der Waals surface area contributed by atoms with Crippen molar-refractivity contribution in [1.82, 2.24) is 0 Å². The summed E-state index contributed by atoms with van der Waals surface area (Å²) in [4.78, 5) is 10.6. The first-order valence-electron chi connectivity index (χ1n) is 3.33. The highest BCUT2D eigenvalue weighted by molar-refractivity contribution is 9.10. The van der Waals surface area contributed by atoms with Crippen LogP contribution in [-0.4, -0.2) is 18.2 Å². The number of methoxy groups -OCH3 is 1. The largest absolute Gasteiger partial charge is 0.494 e. The van der Waals surface area contributed by atoms with Crippen LogP contribution in [0.2, 0.25) is 5.02 Å². The van der Waals surface area contributed by atoms with E-state index in [1.807, 2.05) is 0 Å². The van der Waals surface area contributed by atoms with Crippen molar-refractivity contribution in [3.8, 4) is 5.75 Å². The predicted molar refractivity (Wildman–Crippen MR) is 52.7 cm³/mol. The Bertz CT molecular complexity index is 351. The molecule has 0 radical (unpaired) electrons. The zero-order chi connectivity index (χ0) is 10.0. The summed E-state index contributed by atoms with van der Waals surface area (Å²) < 4.78 is 5.55. The lowest BCUT2D eigenvalue weighted by atomic mass is 10.2. The lowest BCUT2D eigenvalue weighted by molar-refractivity contribution is 0.0696. The molecule has 0 unspecified atom stereocenters. The van der Waals surface area contributed by atoms with Gasteiger partial charge < -0.3 is 9.84 Å². The van der Waals surface area contributed by atoms with Gasteiger partial charge in [-0.2, -0.15) is 0 Å². The summed E-state index contributed by atoms with van der Waals surface area (Å²) in [5.74, 6) is -0.739. The van der Waals surface area contributed by atoms with Crippen LogP contribution < -0.4 is 4.74 Å². The SMILES string of the molecule is COc1c(Br)ccc(C(=O)O)c1Cl. The van der Waals surface area contributed by atoms with Crippen molar-refractivity contribution < 1.29 is 14.6 Å². The summed E-state index contributed by atoms with van der Waals surface area (Å²) in [6.45, 7) is 0. The van der Waals surface area contributed by atoms with Gasteiger partial charge in [-0.1, -0.05) is 11.6 Å². The van der Waals surface area contributed by atoms with Crippen LogP contribution in [0.4, 0.5) is 0 Å². The molecule has 0 atom stereocenters. The molecular weight excluding hydrogens is 259 g/mol. The number of benzene rings is 1.